The standard InChI is InChI=1S/C17H28N2O2/c1-14(18)15-6-7-17-16(13-15)5-3-8-19(17)9-12-21-11-4-10-20-2/h6-7,13-14H,3-5,8-12,18H2,1-2H3. The normalized spacial score (nSPS) is 15.9. The Morgan fingerprint density at radius 1 is 1.29 bits per heavy atom. The lowest BCUT2D eigenvalue weighted by Gasteiger charge is -2.32. The SMILES string of the molecule is COCCCOCCN1CCCc2cc(C(C)N)ccc21. The predicted molar refractivity (Wildman–Crippen MR) is 86.9 cm³/mol. The lowest BCUT2D eigenvalue weighted by atomic mass is 9.97. The first-order valence-corrected chi connectivity index (χ1v) is 7.92. The van der Waals surface area contributed by atoms with Crippen molar-refractivity contribution in [1.82, 2.24) is 0 Å². The van der Waals surface area contributed by atoms with Gasteiger partial charge in [-0.05, 0) is 43.4 Å². The Morgan fingerprint density at radius 3 is 2.90 bits per heavy atom. The van der Waals surface area contributed by atoms with Gasteiger partial charge in [0.1, 0.15) is 0 Å². The van der Waals surface area contributed by atoms with Gasteiger partial charge in [0.15, 0.2) is 0 Å². The number of hydrogen-bond donors (Lipinski definition) is 1. The van der Waals surface area contributed by atoms with Crippen molar-refractivity contribution < 1.29 is 9.47 Å². The summed E-state index contributed by atoms with van der Waals surface area (Å²) < 4.78 is 10.7. The average Bonchev–Trinajstić information content (AvgIpc) is 2.50. The van der Waals surface area contributed by atoms with E-state index in [1.165, 1.54) is 23.2 Å². The second-order valence-electron chi connectivity index (χ2n) is 5.73. The summed E-state index contributed by atoms with van der Waals surface area (Å²) in [6, 6.07) is 6.75. The number of rotatable bonds is 8. The molecule has 4 nitrogen and oxygen atoms in total. The van der Waals surface area contributed by atoms with Gasteiger partial charge in [-0.25, -0.2) is 0 Å². The maximum atomic E-state index is 5.98. The van der Waals surface area contributed by atoms with Crippen LogP contribution in [0.1, 0.15) is 36.9 Å². The van der Waals surface area contributed by atoms with Crippen LogP contribution in [0, 0.1) is 0 Å². The first kappa shape index (κ1) is 16.3. The van der Waals surface area contributed by atoms with Crippen molar-refractivity contribution in [2.75, 3.05) is 44.9 Å². The Kier molecular flexibility index (Phi) is 6.49. The van der Waals surface area contributed by atoms with Gasteiger partial charge in [-0.2, -0.15) is 0 Å². The Labute approximate surface area is 128 Å². The summed E-state index contributed by atoms with van der Waals surface area (Å²) in [5.41, 5.74) is 9.98. The van der Waals surface area contributed by atoms with Crippen LogP contribution in [0.15, 0.2) is 18.2 Å². The van der Waals surface area contributed by atoms with E-state index in [1.54, 1.807) is 7.11 Å². The van der Waals surface area contributed by atoms with Gasteiger partial charge in [0.05, 0.1) is 6.61 Å². The molecule has 0 spiro atoms. The summed E-state index contributed by atoms with van der Waals surface area (Å²) in [7, 11) is 1.72. The summed E-state index contributed by atoms with van der Waals surface area (Å²) in [6.45, 7) is 6.43. The van der Waals surface area contributed by atoms with E-state index in [4.69, 9.17) is 15.2 Å². The van der Waals surface area contributed by atoms with Crippen molar-refractivity contribution in [3.63, 3.8) is 0 Å². The van der Waals surface area contributed by atoms with Crippen molar-refractivity contribution in [3.05, 3.63) is 29.3 Å². The number of ether oxygens (including phenoxy) is 2. The number of fused-ring (bicyclic) bond motifs is 1. The van der Waals surface area contributed by atoms with Crippen LogP contribution in [0.25, 0.3) is 0 Å². The van der Waals surface area contributed by atoms with E-state index in [2.05, 4.69) is 23.1 Å². The highest BCUT2D eigenvalue weighted by Gasteiger charge is 2.17. The summed E-state index contributed by atoms with van der Waals surface area (Å²) in [5.74, 6) is 0. The molecule has 1 atom stereocenters. The largest absolute Gasteiger partial charge is 0.385 e. The van der Waals surface area contributed by atoms with E-state index >= 15 is 0 Å². The molecule has 21 heavy (non-hydrogen) atoms. The van der Waals surface area contributed by atoms with Crippen LogP contribution in [-0.2, 0) is 15.9 Å². The van der Waals surface area contributed by atoms with Gasteiger partial charge in [-0.15, -0.1) is 0 Å². The maximum Gasteiger partial charge on any atom is 0.0641 e. The van der Waals surface area contributed by atoms with Gasteiger partial charge in [0.25, 0.3) is 0 Å². The lowest BCUT2D eigenvalue weighted by molar-refractivity contribution is 0.107. The van der Waals surface area contributed by atoms with Crippen molar-refractivity contribution in [1.29, 1.82) is 0 Å². The van der Waals surface area contributed by atoms with E-state index in [9.17, 15) is 0 Å². The minimum atomic E-state index is 0.106. The maximum absolute atomic E-state index is 5.98. The molecule has 1 aromatic carbocycles. The number of aryl methyl sites for hydroxylation is 1. The number of hydrogen-bond acceptors (Lipinski definition) is 4. The third-order valence-corrected chi connectivity index (χ3v) is 3.99. The van der Waals surface area contributed by atoms with Crippen LogP contribution in [0.5, 0.6) is 0 Å². The van der Waals surface area contributed by atoms with Crippen molar-refractivity contribution in [2.24, 2.45) is 5.73 Å². The molecule has 1 heterocycles. The summed E-state index contributed by atoms with van der Waals surface area (Å²) >= 11 is 0. The lowest BCUT2D eigenvalue weighted by Crippen LogP contribution is -2.32. The number of nitrogens with zero attached hydrogens (tertiary/aromatic N) is 1. The van der Waals surface area contributed by atoms with Gasteiger partial charge in [0.2, 0.25) is 0 Å². The molecule has 2 rings (SSSR count). The molecule has 0 saturated heterocycles. The summed E-state index contributed by atoms with van der Waals surface area (Å²) in [5, 5.41) is 0. The Balaban J connectivity index is 1.86. The first-order valence-electron chi connectivity index (χ1n) is 7.92. The molecule has 0 aliphatic carbocycles. The van der Waals surface area contributed by atoms with Crippen LogP contribution < -0.4 is 10.6 Å². The van der Waals surface area contributed by atoms with E-state index < -0.39 is 0 Å². The topological polar surface area (TPSA) is 47.7 Å². The molecule has 0 radical (unpaired) electrons. The summed E-state index contributed by atoms with van der Waals surface area (Å²) in [4.78, 5) is 2.43. The molecule has 0 aromatic heterocycles. The quantitative estimate of drug-likeness (QED) is 0.748. The molecule has 0 saturated carbocycles. The molecule has 0 amide bonds. The minimum absolute atomic E-state index is 0.106. The zero-order chi connectivity index (χ0) is 15.1. The molecule has 1 unspecified atom stereocenters. The first-order chi connectivity index (χ1) is 10.2. The fourth-order valence-electron chi connectivity index (χ4n) is 2.79. The highest BCUT2D eigenvalue weighted by Crippen LogP contribution is 2.29. The Hall–Kier alpha value is -1.10. The van der Waals surface area contributed by atoms with E-state index in [0.717, 1.165) is 45.8 Å². The number of benzene rings is 1. The number of methoxy groups -OCH3 is 1. The molecular weight excluding hydrogens is 264 g/mol. The van der Waals surface area contributed by atoms with Gasteiger partial charge in [-0.3, -0.25) is 0 Å². The average molecular weight is 292 g/mol. The van der Waals surface area contributed by atoms with Gasteiger partial charge in [0, 0.05) is 45.1 Å². The molecule has 0 fully saturated rings. The Morgan fingerprint density at radius 2 is 2.14 bits per heavy atom. The van der Waals surface area contributed by atoms with Crippen molar-refractivity contribution >= 4 is 5.69 Å². The third-order valence-electron chi connectivity index (χ3n) is 3.99. The van der Waals surface area contributed by atoms with Gasteiger partial charge in [-0.1, -0.05) is 12.1 Å². The van der Waals surface area contributed by atoms with E-state index in [1.807, 2.05) is 6.92 Å². The highest BCUT2D eigenvalue weighted by atomic mass is 16.5. The smallest absolute Gasteiger partial charge is 0.0641 e. The molecule has 1 aliphatic rings. The predicted octanol–water partition coefficient (Wildman–Crippen LogP) is 2.51. The third kappa shape index (κ3) is 4.70. The second kappa shape index (κ2) is 8.37. The second-order valence-corrected chi connectivity index (χ2v) is 5.73. The van der Waals surface area contributed by atoms with Crippen LogP contribution in [0.3, 0.4) is 0 Å². The molecule has 4 heteroatoms. The fourth-order valence-corrected chi connectivity index (χ4v) is 2.79. The minimum Gasteiger partial charge on any atom is -0.385 e. The molecule has 118 valence electrons. The molecule has 0 bridgehead atoms. The van der Waals surface area contributed by atoms with Crippen molar-refractivity contribution in [2.45, 2.75) is 32.2 Å². The van der Waals surface area contributed by atoms with Crippen LogP contribution in [-0.4, -0.2) is 40.0 Å². The zero-order valence-electron chi connectivity index (χ0n) is 13.3. The van der Waals surface area contributed by atoms with Crippen molar-refractivity contribution in [3.8, 4) is 0 Å². The number of anilines is 1. The number of nitrogens with two attached hydrogens (primary N) is 1. The Bertz CT molecular complexity index is 435. The van der Waals surface area contributed by atoms with Crippen LogP contribution >= 0.6 is 0 Å². The van der Waals surface area contributed by atoms with E-state index in [-0.39, 0.29) is 6.04 Å². The van der Waals surface area contributed by atoms with Gasteiger partial charge < -0.3 is 20.1 Å². The fraction of sp³-hybridized carbons (Fsp3) is 0.647. The zero-order valence-corrected chi connectivity index (χ0v) is 13.3. The molecule has 1 aromatic rings. The van der Waals surface area contributed by atoms with E-state index in [0.29, 0.717) is 0 Å². The van der Waals surface area contributed by atoms with Gasteiger partial charge >= 0.3 is 0 Å². The van der Waals surface area contributed by atoms with Crippen LogP contribution in [0.4, 0.5) is 5.69 Å². The molecule has 2 N–H and O–H groups in total. The highest BCUT2D eigenvalue weighted by molar-refractivity contribution is 5.57. The molecule has 1 aliphatic heterocycles. The monoisotopic (exact) mass is 292 g/mol. The summed E-state index contributed by atoms with van der Waals surface area (Å²) in [6.07, 6.45) is 3.32. The molecular formula is C17H28N2O2. The van der Waals surface area contributed by atoms with Crippen LogP contribution in [0.2, 0.25) is 0 Å².